The molecule has 0 aliphatic rings. The summed E-state index contributed by atoms with van der Waals surface area (Å²) in [4.78, 5) is 18.5. The molecule has 1 N–H and O–H groups in total. The number of nitrogens with one attached hydrogen (secondary N) is 1. The Morgan fingerprint density at radius 3 is 2.86 bits per heavy atom. The van der Waals surface area contributed by atoms with Crippen molar-refractivity contribution in [2.75, 3.05) is 12.9 Å². The summed E-state index contributed by atoms with van der Waals surface area (Å²) < 4.78 is 19.8. The van der Waals surface area contributed by atoms with Crippen LogP contribution in [0.2, 0.25) is 5.02 Å². The highest BCUT2D eigenvalue weighted by molar-refractivity contribution is 7.98. The van der Waals surface area contributed by atoms with Gasteiger partial charge in [0.1, 0.15) is 11.6 Å². The molecule has 0 unspecified atom stereocenters. The topological polar surface area (TPSA) is 78.8 Å². The summed E-state index contributed by atoms with van der Waals surface area (Å²) in [5.41, 5.74) is -0.929. The van der Waals surface area contributed by atoms with Crippen LogP contribution in [-0.4, -0.2) is 22.8 Å². The van der Waals surface area contributed by atoms with Gasteiger partial charge in [0.2, 0.25) is 0 Å². The number of nitriles is 1. The first kappa shape index (κ1) is 16.3. The van der Waals surface area contributed by atoms with Crippen LogP contribution in [-0.2, 0) is 0 Å². The molecule has 0 fully saturated rings. The highest BCUT2D eigenvalue weighted by atomic mass is 35.5. The zero-order valence-electron chi connectivity index (χ0n) is 11.7. The van der Waals surface area contributed by atoms with E-state index in [1.165, 1.54) is 23.9 Å². The summed E-state index contributed by atoms with van der Waals surface area (Å²) >= 11 is 7.09. The van der Waals surface area contributed by atoms with Gasteiger partial charge in [0, 0.05) is 5.56 Å². The van der Waals surface area contributed by atoms with Crippen LogP contribution >= 0.6 is 23.4 Å². The van der Waals surface area contributed by atoms with Crippen LogP contribution in [0, 0.1) is 17.1 Å². The van der Waals surface area contributed by atoms with Crippen molar-refractivity contribution in [2.24, 2.45) is 0 Å². The average Bonchev–Trinajstić information content (AvgIpc) is 2.50. The van der Waals surface area contributed by atoms with E-state index in [1.54, 1.807) is 19.2 Å². The fourth-order valence-electron chi connectivity index (χ4n) is 1.84. The van der Waals surface area contributed by atoms with Crippen LogP contribution in [0.4, 0.5) is 4.39 Å². The minimum atomic E-state index is -0.754. The highest BCUT2D eigenvalue weighted by Gasteiger charge is 2.20. The zero-order valence-corrected chi connectivity index (χ0v) is 13.3. The number of thioether (sulfide) groups is 1. The normalized spacial score (nSPS) is 10.3. The Balaban J connectivity index is 2.77. The van der Waals surface area contributed by atoms with Gasteiger partial charge in [-0.15, -0.1) is 0 Å². The standard InChI is InChI=1S/C14H11ClFN3O2S/c1-3-21-12-9(15)5-4-7(10(12)16)11-8(6-17)13(20)19-14(18-11)22-2/h4-5H,3H2,1-2H3,(H,18,19,20). The van der Waals surface area contributed by atoms with E-state index in [9.17, 15) is 9.18 Å². The molecule has 114 valence electrons. The third-order valence-electron chi connectivity index (χ3n) is 2.80. The molecule has 1 aromatic heterocycles. The number of aromatic nitrogens is 2. The largest absolute Gasteiger partial charge is 0.489 e. The number of nitrogens with zero attached hydrogens (tertiary/aromatic N) is 2. The summed E-state index contributed by atoms with van der Waals surface area (Å²) in [6.45, 7) is 1.92. The van der Waals surface area contributed by atoms with Crippen molar-refractivity contribution in [3.8, 4) is 23.1 Å². The van der Waals surface area contributed by atoms with E-state index in [0.29, 0.717) is 0 Å². The summed E-state index contributed by atoms with van der Waals surface area (Å²) in [6.07, 6.45) is 1.71. The van der Waals surface area contributed by atoms with Crippen molar-refractivity contribution < 1.29 is 9.13 Å². The number of aromatic amines is 1. The Kier molecular flexibility index (Phi) is 5.06. The van der Waals surface area contributed by atoms with Crippen molar-refractivity contribution in [3.63, 3.8) is 0 Å². The number of ether oxygens (including phenoxy) is 1. The molecule has 0 atom stereocenters. The molecule has 22 heavy (non-hydrogen) atoms. The molecule has 8 heteroatoms. The number of hydrogen-bond acceptors (Lipinski definition) is 5. The van der Waals surface area contributed by atoms with Crippen LogP contribution in [0.1, 0.15) is 12.5 Å². The third kappa shape index (κ3) is 2.93. The molecule has 0 amide bonds. The summed E-state index contributed by atoms with van der Waals surface area (Å²) in [7, 11) is 0. The van der Waals surface area contributed by atoms with Gasteiger partial charge in [-0.05, 0) is 25.3 Å². The van der Waals surface area contributed by atoms with Gasteiger partial charge in [0.25, 0.3) is 5.56 Å². The maximum absolute atomic E-state index is 14.6. The average molecular weight is 340 g/mol. The smallest absolute Gasteiger partial charge is 0.270 e. The number of H-pyrrole nitrogens is 1. The lowest BCUT2D eigenvalue weighted by Gasteiger charge is -2.11. The second-order valence-electron chi connectivity index (χ2n) is 4.08. The molecule has 0 aliphatic heterocycles. The van der Waals surface area contributed by atoms with Crippen molar-refractivity contribution in [1.82, 2.24) is 9.97 Å². The molecule has 1 heterocycles. The van der Waals surface area contributed by atoms with E-state index in [1.807, 2.05) is 0 Å². The fourth-order valence-corrected chi connectivity index (χ4v) is 2.42. The molecular weight excluding hydrogens is 329 g/mol. The SMILES string of the molecule is CCOc1c(Cl)ccc(-c2nc(SC)[nH]c(=O)c2C#N)c1F. The molecule has 0 bridgehead atoms. The maximum atomic E-state index is 14.6. The second-order valence-corrected chi connectivity index (χ2v) is 5.28. The van der Waals surface area contributed by atoms with Gasteiger partial charge < -0.3 is 9.72 Å². The van der Waals surface area contributed by atoms with Crippen molar-refractivity contribution in [1.29, 1.82) is 5.26 Å². The van der Waals surface area contributed by atoms with Crippen LogP contribution in [0.15, 0.2) is 22.1 Å². The molecule has 1 aromatic carbocycles. The Hall–Kier alpha value is -2.04. The van der Waals surface area contributed by atoms with Crippen molar-refractivity contribution in [2.45, 2.75) is 12.1 Å². The van der Waals surface area contributed by atoms with Crippen LogP contribution in [0.5, 0.6) is 5.75 Å². The van der Waals surface area contributed by atoms with Crippen LogP contribution in [0.25, 0.3) is 11.3 Å². The Morgan fingerprint density at radius 1 is 1.55 bits per heavy atom. The molecule has 0 saturated carbocycles. The maximum Gasteiger partial charge on any atom is 0.270 e. The van der Waals surface area contributed by atoms with Gasteiger partial charge >= 0.3 is 0 Å². The number of hydrogen-bond donors (Lipinski definition) is 1. The minimum absolute atomic E-state index is 0.00852. The fraction of sp³-hybridized carbons (Fsp3) is 0.214. The number of benzene rings is 1. The zero-order chi connectivity index (χ0) is 16.3. The molecule has 2 rings (SSSR count). The molecule has 0 aliphatic carbocycles. The van der Waals surface area contributed by atoms with Crippen LogP contribution in [0.3, 0.4) is 0 Å². The predicted molar refractivity (Wildman–Crippen MR) is 82.9 cm³/mol. The summed E-state index contributed by atoms with van der Waals surface area (Å²) in [6, 6.07) is 4.56. The summed E-state index contributed by atoms with van der Waals surface area (Å²) in [5.74, 6) is -0.880. The first-order valence-corrected chi connectivity index (χ1v) is 7.83. The van der Waals surface area contributed by atoms with Crippen LogP contribution < -0.4 is 10.3 Å². The number of rotatable bonds is 4. The predicted octanol–water partition coefficient (Wildman–Crippen LogP) is 3.22. The Morgan fingerprint density at radius 2 is 2.27 bits per heavy atom. The van der Waals surface area contributed by atoms with E-state index in [-0.39, 0.29) is 39.4 Å². The van der Waals surface area contributed by atoms with Gasteiger partial charge in [-0.3, -0.25) is 4.79 Å². The molecule has 5 nitrogen and oxygen atoms in total. The van der Waals surface area contributed by atoms with Gasteiger partial charge in [-0.2, -0.15) is 5.26 Å². The van der Waals surface area contributed by atoms with Gasteiger partial charge in [-0.1, -0.05) is 23.4 Å². The molecular formula is C14H11ClFN3O2S. The van der Waals surface area contributed by atoms with E-state index < -0.39 is 11.4 Å². The lowest BCUT2D eigenvalue weighted by molar-refractivity contribution is 0.322. The van der Waals surface area contributed by atoms with Gasteiger partial charge in [0.05, 0.1) is 17.3 Å². The van der Waals surface area contributed by atoms with Gasteiger partial charge in [-0.25, -0.2) is 9.37 Å². The lowest BCUT2D eigenvalue weighted by Crippen LogP contribution is -2.15. The van der Waals surface area contributed by atoms with E-state index in [2.05, 4.69) is 9.97 Å². The first-order valence-electron chi connectivity index (χ1n) is 6.23. The Labute approximate surface area is 135 Å². The summed E-state index contributed by atoms with van der Waals surface area (Å²) in [5, 5.41) is 9.54. The molecule has 2 aromatic rings. The second kappa shape index (κ2) is 6.81. The molecule has 0 saturated heterocycles. The molecule has 0 radical (unpaired) electrons. The quantitative estimate of drug-likeness (QED) is 0.683. The van der Waals surface area contributed by atoms with E-state index in [4.69, 9.17) is 21.6 Å². The molecule has 0 spiro atoms. The van der Waals surface area contributed by atoms with Crippen molar-refractivity contribution in [3.05, 3.63) is 38.9 Å². The highest BCUT2D eigenvalue weighted by Crippen LogP contribution is 2.35. The minimum Gasteiger partial charge on any atom is -0.489 e. The van der Waals surface area contributed by atoms with E-state index in [0.717, 1.165) is 0 Å². The first-order chi connectivity index (χ1) is 10.5. The lowest BCUT2D eigenvalue weighted by atomic mass is 10.1. The van der Waals surface area contributed by atoms with Gasteiger partial charge in [0.15, 0.2) is 16.7 Å². The third-order valence-corrected chi connectivity index (χ3v) is 3.67. The number of halogens is 2. The Bertz CT molecular complexity index is 817. The van der Waals surface area contributed by atoms with Crippen molar-refractivity contribution >= 4 is 23.4 Å². The van der Waals surface area contributed by atoms with E-state index >= 15 is 0 Å². The monoisotopic (exact) mass is 339 g/mol.